The van der Waals surface area contributed by atoms with Gasteiger partial charge < -0.3 is 3.07 Å². The molecule has 0 radical (unpaired) electrons. The van der Waals surface area contributed by atoms with E-state index >= 15 is 0 Å². The summed E-state index contributed by atoms with van der Waals surface area (Å²) in [4.78, 5) is 15.7. The normalized spacial score (nSPS) is 14.8. The summed E-state index contributed by atoms with van der Waals surface area (Å²) in [6.45, 7) is 2.62. The van der Waals surface area contributed by atoms with Crippen LogP contribution in [0, 0.1) is 6.92 Å². The molecule has 0 N–H and O–H groups in total. The summed E-state index contributed by atoms with van der Waals surface area (Å²) in [6.07, 6.45) is 4.59. The molecule has 0 atom stereocenters. The van der Waals surface area contributed by atoms with Crippen molar-refractivity contribution in [1.82, 2.24) is 9.78 Å². The zero-order chi connectivity index (χ0) is 11.5. The van der Waals surface area contributed by atoms with Crippen molar-refractivity contribution in [3.05, 3.63) is 23.5 Å². The zero-order valence-corrected chi connectivity index (χ0v) is 10.8. The maximum absolute atomic E-state index is 11.5. The van der Waals surface area contributed by atoms with E-state index in [2.05, 4.69) is 13.2 Å². The number of aliphatic imine (C=N–C) groups is 1. The van der Waals surface area contributed by atoms with Crippen molar-refractivity contribution in [3.8, 4) is 0 Å². The lowest BCUT2D eigenvalue weighted by atomic mass is 10.3. The molecule has 0 unspecified atom stereocenters. The van der Waals surface area contributed by atoms with Crippen LogP contribution < -0.4 is 0 Å². The summed E-state index contributed by atoms with van der Waals surface area (Å²) in [6, 6.07) is 1.70. The minimum absolute atomic E-state index is 0.402. The van der Waals surface area contributed by atoms with Crippen LogP contribution in [0.15, 0.2) is 17.1 Å². The van der Waals surface area contributed by atoms with E-state index in [0.717, 1.165) is 24.4 Å². The third-order valence-corrected chi connectivity index (χ3v) is 2.59. The molecule has 0 saturated heterocycles. The standard InChI is InChI=1S/C10H10IN3O2/c1-7-5-9(10(15)16-11)14(13-7)8-3-2-4-12-6-8/h3,5-6H,2,4H2,1H3. The second-order valence-corrected chi connectivity index (χ2v) is 3.84. The Balaban J connectivity index is 2.43. The number of allylic oxidation sites excluding steroid dienone is 1. The number of nitrogens with zero attached hydrogens (tertiary/aromatic N) is 3. The fourth-order valence-corrected chi connectivity index (χ4v) is 1.75. The SMILES string of the molecule is Cc1cc(C(=O)OI)n(C2=CCCN=C2)n1. The van der Waals surface area contributed by atoms with Gasteiger partial charge in [-0.05, 0) is 19.4 Å². The Labute approximate surface area is 107 Å². The number of dihydropyridines is 1. The lowest BCUT2D eigenvalue weighted by Crippen LogP contribution is -2.12. The minimum atomic E-state index is -0.402. The molecule has 1 aromatic rings. The lowest BCUT2D eigenvalue weighted by Gasteiger charge is -2.08. The zero-order valence-electron chi connectivity index (χ0n) is 8.68. The van der Waals surface area contributed by atoms with Gasteiger partial charge in [-0.3, -0.25) is 4.99 Å². The molecule has 16 heavy (non-hydrogen) atoms. The highest BCUT2D eigenvalue weighted by Gasteiger charge is 2.17. The molecule has 0 spiro atoms. The van der Waals surface area contributed by atoms with E-state index in [1.54, 1.807) is 40.0 Å². The second-order valence-electron chi connectivity index (χ2n) is 3.40. The Morgan fingerprint density at radius 2 is 2.44 bits per heavy atom. The molecular weight excluding hydrogens is 321 g/mol. The van der Waals surface area contributed by atoms with Crippen LogP contribution in [-0.4, -0.2) is 28.5 Å². The molecule has 1 aliphatic rings. The molecule has 0 aliphatic carbocycles. The number of carbonyl (C=O) groups excluding carboxylic acids is 1. The fourth-order valence-electron chi connectivity index (χ4n) is 1.52. The molecule has 0 amide bonds. The third-order valence-electron chi connectivity index (χ3n) is 2.19. The van der Waals surface area contributed by atoms with Gasteiger partial charge in [0, 0.05) is 12.8 Å². The number of carbonyl (C=O) groups is 1. The van der Waals surface area contributed by atoms with Crippen molar-refractivity contribution in [1.29, 1.82) is 0 Å². The van der Waals surface area contributed by atoms with Crippen molar-refractivity contribution in [2.75, 3.05) is 6.54 Å². The lowest BCUT2D eigenvalue weighted by molar-refractivity contribution is 0.0791. The molecule has 5 nitrogen and oxygen atoms in total. The highest BCUT2D eigenvalue weighted by atomic mass is 127. The van der Waals surface area contributed by atoms with Crippen LogP contribution in [0.3, 0.4) is 0 Å². The number of hydrogen-bond donors (Lipinski definition) is 0. The van der Waals surface area contributed by atoms with Crippen molar-refractivity contribution in [2.45, 2.75) is 13.3 Å². The first-order valence-electron chi connectivity index (χ1n) is 4.82. The molecule has 0 aromatic carbocycles. The number of rotatable bonds is 2. The fraction of sp³-hybridized carbons (Fsp3) is 0.300. The summed E-state index contributed by atoms with van der Waals surface area (Å²) in [5, 5.41) is 4.26. The summed E-state index contributed by atoms with van der Waals surface area (Å²) >= 11 is 1.57. The molecule has 2 heterocycles. The average molecular weight is 331 g/mol. The Bertz CT molecular complexity index is 476. The van der Waals surface area contributed by atoms with Crippen molar-refractivity contribution < 1.29 is 7.86 Å². The quantitative estimate of drug-likeness (QED) is 0.779. The van der Waals surface area contributed by atoms with Gasteiger partial charge in [0.1, 0.15) is 0 Å². The van der Waals surface area contributed by atoms with E-state index in [9.17, 15) is 4.79 Å². The van der Waals surface area contributed by atoms with Gasteiger partial charge in [0.2, 0.25) is 0 Å². The number of aryl methyl sites for hydroxylation is 1. The van der Waals surface area contributed by atoms with Crippen LogP contribution in [0.2, 0.25) is 0 Å². The van der Waals surface area contributed by atoms with Gasteiger partial charge in [0.05, 0.1) is 11.4 Å². The smallest absolute Gasteiger partial charge is 0.366 e. The van der Waals surface area contributed by atoms with Gasteiger partial charge in [-0.25, -0.2) is 9.48 Å². The molecule has 84 valence electrons. The van der Waals surface area contributed by atoms with Crippen molar-refractivity contribution in [3.63, 3.8) is 0 Å². The molecule has 2 rings (SSSR count). The maximum Gasteiger partial charge on any atom is 0.366 e. The molecule has 1 aliphatic heterocycles. The Morgan fingerprint density at radius 3 is 3.06 bits per heavy atom. The molecule has 0 fully saturated rings. The van der Waals surface area contributed by atoms with E-state index in [1.165, 1.54) is 0 Å². The van der Waals surface area contributed by atoms with Gasteiger partial charge in [0.15, 0.2) is 28.7 Å². The van der Waals surface area contributed by atoms with Crippen LogP contribution in [0.5, 0.6) is 0 Å². The van der Waals surface area contributed by atoms with Gasteiger partial charge in [-0.2, -0.15) is 5.10 Å². The second kappa shape index (κ2) is 4.77. The summed E-state index contributed by atoms with van der Waals surface area (Å²) < 4.78 is 6.25. The molecule has 6 heteroatoms. The maximum atomic E-state index is 11.5. The third kappa shape index (κ3) is 2.16. The first kappa shape index (κ1) is 11.3. The largest absolute Gasteiger partial charge is 0.390 e. The van der Waals surface area contributed by atoms with Gasteiger partial charge in [0.25, 0.3) is 0 Å². The van der Waals surface area contributed by atoms with Gasteiger partial charge in [-0.15, -0.1) is 0 Å². The molecular formula is C10H10IN3O2. The van der Waals surface area contributed by atoms with E-state index in [1.807, 2.05) is 13.0 Å². The topological polar surface area (TPSA) is 56.5 Å². The first-order valence-corrected chi connectivity index (χ1v) is 5.70. The van der Waals surface area contributed by atoms with Crippen LogP contribution >= 0.6 is 23.0 Å². The highest BCUT2D eigenvalue weighted by Crippen LogP contribution is 2.14. The molecule has 0 saturated carbocycles. The Morgan fingerprint density at radius 1 is 1.62 bits per heavy atom. The van der Waals surface area contributed by atoms with Gasteiger partial charge in [-0.1, -0.05) is 6.08 Å². The van der Waals surface area contributed by atoms with Crippen LogP contribution in [0.4, 0.5) is 0 Å². The monoisotopic (exact) mass is 331 g/mol. The van der Waals surface area contributed by atoms with E-state index in [4.69, 9.17) is 0 Å². The van der Waals surface area contributed by atoms with E-state index < -0.39 is 5.97 Å². The predicted molar refractivity (Wildman–Crippen MR) is 68.6 cm³/mol. The number of halogens is 1. The van der Waals surface area contributed by atoms with Crippen molar-refractivity contribution in [2.24, 2.45) is 4.99 Å². The molecule has 1 aromatic heterocycles. The highest BCUT2D eigenvalue weighted by molar-refractivity contribution is 14.1. The summed E-state index contributed by atoms with van der Waals surface area (Å²) in [7, 11) is 0. The van der Waals surface area contributed by atoms with Crippen LogP contribution in [0.1, 0.15) is 22.6 Å². The van der Waals surface area contributed by atoms with E-state index in [0.29, 0.717) is 5.69 Å². The summed E-state index contributed by atoms with van der Waals surface area (Å²) in [5.41, 5.74) is 2.01. The van der Waals surface area contributed by atoms with Crippen molar-refractivity contribution >= 4 is 40.9 Å². The van der Waals surface area contributed by atoms with Crippen LogP contribution in [0.25, 0.3) is 5.70 Å². The number of aromatic nitrogens is 2. The first-order chi connectivity index (χ1) is 7.72. The minimum Gasteiger partial charge on any atom is -0.390 e. The Hall–Kier alpha value is -1.18. The van der Waals surface area contributed by atoms with Gasteiger partial charge >= 0.3 is 5.97 Å². The predicted octanol–water partition coefficient (Wildman–Crippen LogP) is 2.01. The average Bonchev–Trinajstić information content (AvgIpc) is 2.71. The van der Waals surface area contributed by atoms with Crippen LogP contribution in [-0.2, 0) is 3.07 Å². The summed E-state index contributed by atoms with van der Waals surface area (Å²) in [5.74, 6) is -0.402. The Kier molecular flexibility index (Phi) is 3.37. The van der Waals surface area contributed by atoms with E-state index in [-0.39, 0.29) is 0 Å². The molecule has 0 bridgehead atoms. The number of hydrogen-bond acceptors (Lipinski definition) is 4.